The topological polar surface area (TPSA) is 128 Å². The van der Waals surface area contributed by atoms with Crippen molar-refractivity contribution in [3.05, 3.63) is 21.0 Å². The fraction of sp³-hybridized carbons (Fsp3) is 0.500. The van der Waals surface area contributed by atoms with Crippen LogP contribution in [-0.4, -0.2) is 37.1 Å². The molecule has 0 bridgehead atoms. The number of aliphatic hydroxyl groups excluding tert-OH is 1. The lowest BCUT2D eigenvalue weighted by atomic mass is 10.2. The molecule has 0 amide bonds. The number of aromatic nitrogens is 3. The summed E-state index contributed by atoms with van der Waals surface area (Å²) >= 11 is 0. The Kier molecular flexibility index (Phi) is 2.87. The Bertz CT molecular complexity index is 400. The molecule has 1 heterocycles. The van der Waals surface area contributed by atoms with Gasteiger partial charge in [-0.05, 0) is 0 Å². The van der Waals surface area contributed by atoms with E-state index in [1.807, 2.05) is 10.2 Å². The van der Waals surface area contributed by atoms with Crippen LogP contribution in [0.15, 0.2) is 9.59 Å². The summed E-state index contributed by atoms with van der Waals surface area (Å²) in [5.41, 5.74) is -1.32. The van der Waals surface area contributed by atoms with Crippen LogP contribution in [0.1, 0.15) is 6.42 Å². The number of rotatable bonds is 4. The summed E-state index contributed by atoms with van der Waals surface area (Å²) in [6, 6.07) is 0. The van der Waals surface area contributed by atoms with Crippen LogP contribution in [0.25, 0.3) is 0 Å². The van der Waals surface area contributed by atoms with E-state index in [1.54, 1.807) is 0 Å². The molecule has 8 heteroatoms. The lowest BCUT2D eigenvalue weighted by Gasteiger charge is -2.03. The summed E-state index contributed by atoms with van der Waals surface area (Å²) in [6.07, 6.45) is -1.77. The number of nitrogens with zero attached hydrogens (tertiary/aromatic N) is 1. The van der Waals surface area contributed by atoms with Gasteiger partial charge in [-0.3, -0.25) is 0 Å². The zero-order chi connectivity index (χ0) is 10.7. The number of aliphatic carboxylic acids is 1. The first kappa shape index (κ1) is 10.3. The molecule has 0 saturated carbocycles. The summed E-state index contributed by atoms with van der Waals surface area (Å²) in [7, 11) is 0. The summed E-state index contributed by atoms with van der Waals surface area (Å²) in [5.74, 6) is -1.38. The molecule has 1 unspecified atom stereocenters. The molecule has 0 aliphatic heterocycles. The SMILES string of the molecule is O=C(O)C(O)CCn1c(=O)[nH][nH]c1=O. The average Bonchev–Trinajstić information content (AvgIpc) is 2.43. The van der Waals surface area contributed by atoms with E-state index in [4.69, 9.17) is 10.2 Å². The molecule has 0 aliphatic carbocycles. The van der Waals surface area contributed by atoms with E-state index in [0.717, 1.165) is 4.57 Å². The molecule has 1 rings (SSSR count). The largest absolute Gasteiger partial charge is 0.479 e. The molecular formula is C6H9N3O5. The minimum atomic E-state index is -1.57. The van der Waals surface area contributed by atoms with Gasteiger partial charge in [0.15, 0.2) is 6.10 Å². The van der Waals surface area contributed by atoms with E-state index < -0.39 is 23.5 Å². The van der Waals surface area contributed by atoms with Crippen LogP contribution >= 0.6 is 0 Å². The summed E-state index contributed by atoms with van der Waals surface area (Å²) in [5, 5.41) is 21.2. The van der Waals surface area contributed by atoms with Crippen molar-refractivity contribution >= 4 is 5.97 Å². The van der Waals surface area contributed by atoms with Crippen molar-refractivity contribution < 1.29 is 15.0 Å². The molecule has 0 saturated heterocycles. The molecule has 1 aromatic rings. The standard InChI is InChI=1S/C6H9N3O5/c10-3(4(11)12)1-2-9-5(13)7-8-6(9)14/h3,10H,1-2H2,(H,7,13)(H,8,14)(H,11,12). The fourth-order valence-electron chi connectivity index (χ4n) is 0.912. The van der Waals surface area contributed by atoms with Gasteiger partial charge in [0, 0.05) is 13.0 Å². The Balaban J connectivity index is 2.67. The molecule has 1 atom stereocenters. The van der Waals surface area contributed by atoms with Crippen LogP contribution in [0.5, 0.6) is 0 Å². The number of nitrogens with one attached hydrogen (secondary N) is 2. The molecule has 1 aromatic heterocycles. The summed E-state index contributed by atoms with van der Waals surface area (Å²) < 4.78 is 0.770. The van der Waals surface area contributed by atoms with Crippen molar-refractivity contribution in [3.63, 3.8) is 0 Å². The molecule has 0 radical (unpaired) electrons. The Labute approximate surface area is 76.8 Å². The van der Waals surface area contributed by atoms with E-state index in [-0.39, 0.29) is 13.0 Å². The first-order chi connectivity index (χ1) is 6.52. The molecule has 14 heavy (non-hydrogen) atoms. The number of hydrogen-bond donors (Lipinski definition) is 4. The highest BCUT2D eigenvalue weighted by Gasteiger charge is 2.14. The van der Waals surface area contributed by atoms with E-state index in [9.17, 15) is 14.4 Å². The normalized spacial score (nSPS) is 12.6. The van der Waals surface area contributed by atoms with Crippen molar-refractivity contribution in [1.29, 1.82) is 0 Å². The number of aliphatic hydroxyl groups is 1. The molecule has 4 N–H and O–H groups in total. The Morgan fingerprint density at radius 1 is 1.36 bits per heavy atom. The maximum Gasteiger partial charge on any atom is 0.344 e. The Morgan fingerprint density at radius 3 is 2.29 bits per heavy atom. The zero-order valence-electron chi connectivity index (χ0n) is 7.06. The quantitative estimate of drug-likeness (QED) is 0.437. The van der Waals surface area contributed by atoms with Crippen LogP contribution in [0, 0.1) is 0 Å². The highest BCUT2D eigenvalue weighted by atomic mass is 16.4. The monoisotopic (exact) mass is 203 g/mol. The minimum Gasteiger partial charge on any atom is -0.479 e. The second-order valence-electron chi connectivity index (χ2n) is 2.65. The molecule has 0 fully saturated rings. The number of carboxylic acids is 1. The van der Waals surface area contributed by atoms with Crippen molar-refractivity contribution in [2.75, 3.05) is 0 Å². The van der Waals surface area contributed by atoms with Crippen molar-refractivity contribution in [3.8, 4) is 0 Å². The van der Waals surface area contributed by atoms with Gasteiger partial charge >= 0.3 is 17.3 Å². The second-order valence-corrected chi connectivity index (χ2v) is 2.65. The lowest BCUT2D eigenvalue weighted by Crippen LogP contribution is -2.30. The molecular weight excluding hydrogens is 194 g/mol. The third-order valence-electron chi connectivity index (χ3n) is 1.68. The third kappa shape index (κ3) is 2.10. The van der Waals surface area contributed by atoms with E-state index in [0.29, 0.717) is 0 Å². The van der Waals surface area contributed by atoms with Gasteiger partial charge in [-0.1, -0.05) is 0 Å². The number of aromatic amines is 2. The van der Waals surface area contributed by atoms with Crippen molar-refractivity contribution in [2.45, 2.75) is 19.1 Å². The first-order valence-electron chi connectivity index (χ1n) is 3.80. The second kappa shape index (κ2) is 3.92. The van der Waals surface area contributed by atoms with E-state index in [2.05, 4.69) is 0 Å². The molecule has 78 valence electrons. The van der Waals surface area contributed by atoms with Crippen LogP contribution < -0.4 is 11.4 Å². The lowest BCUT2D eigenvalue weighted by molar-refractivity contribution is -0.147. The first-order valence-corrected chi connectivity index (χ1v) is 3.80. The highest BCUT2D eigenvalue weighted by molar-refractivity contribution is 5.71. The van der Waals surface area contributed by atoms with Crippen LogP contribution in [0.4, 0.5) is 0 Å². The predicted octanol–water partition coefficient (Wildman–Crippen LogP) is -2.30. The third-order valence-corrected chi connectivity index (χ3v) is 1.68. The predicted molar refractivity (Wildman–Crippen MR) is 43.9 cm³/mol. The number of carboxylic acid groups (broad SMARTS) is 1. The van der Waals surface area contributed by atoms with Gasteiger partial charge in [0.2, 0.25) is 0 Å². The van der Waals surface area contributed by atoms with Gasteiger partial charge in [-0.15, -0.1) is 0 Å². The maximum absolute atomic E-state index is 10.9. The Hall–Kier alpha value is -1.83. The van der Waals surface area contributed by atoms with Gasteiger partial charge in [0.25, 0.3) is 0 Å². The fourth-order valence-corrected chi connectivity index (χ4v) is 0.912. The van der Waals surface area contributed by atoms with Gasteiger partial charge in [0.1, 0.15) is 0 Å². The van der Waals surface area contributed by atoms with Crippen molar-refractivity contribution in [2.24, 2.45) is 0 Å². The van der Waals surface area contributed by atoms with Gasteiger partial charge < -0.3 is 10.2 Å². The van der Waals surface area contributed by atoms with Crippen LogP contribution in [-0.2, 0) is 11.3 Å². The van der Waals surface area contributed by atoms with Gasteiger partial charge in [-0.2, -0.15) is 0 Å². The zero-order valence-corrected chi connectivity index (χ0v) is 7.06. The molecule has 0 aliphatic rings. The van der Waals surface area contributed by atoms with Gasteiger partial charge in [0.05, 0.1) is 0 Å². The van der Waals surface area contributed by atoms with E-state index in [1.165, 1.54) is 0 Å². The van der Waals surface area contributed by atoms with Crippen LogP contribution in [0.2, 0.25) is 0 Å². The number of H-pyrrole nitrogens is 2. The van der Waals surface area contributed by atoms with Gasteiger partial charge in [-0.25, -0.2) is 29.1 Å². The molecule has 8 nitrogen and oxygen atoms in total. The Morgan fingerprint density at radius 2 is 1.86 bits per heavy atom. The van der Waals surface area contributed by atoms with E-state index >= 15 is 0 Å². The summed E-state index contributed by atoms with van der Waals surface area (Å²) in [6.45, 7) is -0.148. The molecule has 0 aromatic carbocycles. The maximum atomic E-state index is 10.9. The number of hydrogen-bond acceptors (Lipinski definition) is 4. The smallest absolute Gasteiger partial charge is 0.344 e. The highest BCUT2D eigenvalue weighted by Crippen LogP contribution is 1.92. The summed E-state index contributed by atoms with van der Waals surface area (Å²) in [4.78, 5) is 31.9. The molecule has 0 spiro atoms. The van der Waals surface area contributed by atoms with Crippen LogP contribution in [0.3, 0.4) is 0 Å². The van der Waals surface area contributed by atoms with Crippen molar-refractivity contribution in [1.82, 2.24) is 14.8 Å². The number of carbonyl (C=O) groups is 1. The average molecular weight is 203 g/mol. The minimum absolute atomic E-state index is 0.148.